The first-order valence-corrected chi connectivity index (χ1v) is 5.88. The van der Waals surface area contributed by atoms with E-state index in [2.05, 4.69) is 28.1 Å². The molecule has 0 radical (unpaired) electrons. The summed E-state index contributed by atoms with van der Waals surface area (Å²) in [6.45, 7) is 0.316. The van der Waals surface area contributed by atoms with E-state index in [1.807, 2.05) is 12.1 Å². The first-order valence-electron chi connectivity index (χ1n) is 5.09. The van der Waals surface area contributed by atoms with Crippen molar-refractivity contribution >= 4 is 22.0 Å². The van der Waals surface area contributed by atoms with Crippen LogP contribution in [0.2, 0.25) is 0 Å². The molecule has 0 saturated heterocycles. The van der Waals surface area contributed by atoms with Gasteiger partial charge in [-0.15, -0.1) is 0 Å². The zero-order valence-electron chi connectivity index (χ0n) is 8.64. The summed E-state index contributed by atoms with van der Waals surface area (Å²) in [5.74, 6) is 0.751. The number of benzene rings is 1. The van der Waals surface area contributed by atoms with Gasteiger partial charge in [0.05, 0.1) is 6.54 Å². The van der Waals surface area contributed by atoms with E-state index in [1.165, 1.54) is 5.56 Å². The molecule has 2 amide bonds. The summed E-state index contributed by atoms with van der Waals surface area (Å²) in [6.07, 6.45) is 0.992. The molecule has 1 saturated carbocycles. The molecule has 1 aromatic carbocycles. The minimum atomic E-state index is -0.790. The van der Waals surface area contributed by atoms with Gasteiger partial charge in [0.15, 0.2) is 0 Å². The molecule has 2 rings (SSSR count). The molecule has 1 fully saturated rings. The van der Waals surface area contributed by atoms with Gasteiger partial charge in [0.25, 0.3) is 0 Å². The number of carbonyl (C=O) groups is 1. The number of amides is 2. The van der Waals surface area contributed by atoms with Crippen molar-refractivity contribution < 1.29 is 10.0 Å². The Balaban J connectivity index is 1.91. The summed E-state index contributed by atoms with van der Waals surface area (Å²) in [4.78, 5) is 10.6. The van der Waals surface area contributed by atoms with Crippen molar-refractivity contribution in [3.63, 3.8) is 0 Å². The Labute approximate surface area is 102 Å². The number of nitrogens with zero attached hydrogens (tertiary/aromatic N) is 1. The third-order valence-corrected chi connectivity index (χ3v) is 3.41. The number of halogens is 1. The van der Waals surface area contributed by atoms with Gasteiger partial charge in [0.1, 0.15) is 0 Å². The summed E-state index contributed by atoms with van der Waals surface area (Å²) in [6, 6.07) is 7.31. The molecule has 86 valence electrons. The number of hydroxylamine groups is 2. The second kappa shape index (κ2) is 4.43. The van der Waals surface area contributed by atoms with Crippen molar-refractivity contribution in [3.8, 4) is 0 Å². The Kier molecular flexibility index (Phi) is 3.16. The van der Waals surface area contributed by atoms with Crippen LogP contribution in [0.4, 0.5) is 4.79 Å². The summed E-state index contributed by atoms with van der Waals surface area (Å²) in [7, 11) is 0. The Hall–Kier alpha value is -1.07. The van der Waals surface area contributed by atoms with E-state index in [0.29, 0.717) is 23.4 Å². The zero-order valence-corrected chi connectivity index (χ0v) is 10.2. The molecular formula is C11H13BrN2O2. The van der Waals surface area contributed by atoms with Crippen LogP contribution in [-0.2, 0) is 0 Å². The van der Waals surface area contributed by atoms with E-state index in [4.69, 9.17) is 5.73 Å². The van der Waals surface area contributed by atoms with Crippen molar-refractivity contribution in [2.75, 3.05) is 6.54 Å². The van der Waals surface area contributed by atoms with Crippen LogP contribution < -0.4 is 5.73 Å². The zero-order chi connectivity index (χ0) is 11.7. The number of hydrogen-bond acceptors (Lipinski definition) is 2. The first-order chi connectivity index (χ1) is 7.58. The second-order valence-corrected chi connectivity index (χ2v) is 4.99. The van der Waals surface area contributed by atoms with Gasteiger partial charge in [0, 0.05) is 4.47 Å². The lowest BCUT2D eigenvalue weighted by Crippen LogP contribution is -2.34. The monoisotopic (exact) mass is 284 g/mol. The molecule has 0 bridgehead atoms. The summed E-state index contributed by atoms with van der Waals surface area (Å²) in [5.41, 5.74) is 6.19. The maximum Gasteiger partial charge on any atom is 0.338 e. The quantitative estimate of drug-likeness (QED) is 0.661. The van der Waals surface area contributed by atoms with E-state index in [9.17, 15) is 10.0 Å². The van der Waals surface area contributed by atoms with E-state index >= 15 is 0 Å². The van der Waals surface area contributed by atoms with Gasteiger partial charge in [-0.2, -0.15) is 0 Å². The Morgan fingerprint density at radius 3 is 2.69 bits per heavy atom. The summed E-state index contributed by atoms with van der Waals surface area (Å²) < 4.78 is 1.05. The summed E-state index contributed by atoms with van der Waals surface area (Å²) >= 11 is 3.38. The number of urea groups is 1. The first kappa shape index (κ1) is 11.4. The van der Waals surface area contributed by atoms with Gasteiger partial charge < -0.3 is 5.73 Å². The van der Waals surface area contributed by atoms with E-state index in [-0.39, 0.29) is 0 Å². The van der Waals surface area contributed by atoms with Crippen molar-refractivity contribution in [2.45, 2.75) is 12.3 Å². The van der Waals surface area contributed by atoms with Gasteiger partial charge in [-0.05, 0) is 36.0 Å². The fourth-order valence-electron chi connectivity index (χ4n) is 1.88. The minimum absolute atomic E-state index is 0.316. The number of hydrogen-bond donors (Lipinski definition) is 2. The molecule has 1 aromatic rings. The van der Waals surface area contributed by atoms with Crippen molar-refractivity contribution in [3.05, 3.63) is 34.3 Å². The molecule has 1 aliphatic rings. The molecule has 2 unspecified atom stereocenters. The van der Waals surface area contributed by atoms with Crippen LogP contribution in [0.3, 0.4) is 0 Å². The number of carbonyl (C=O) groups excluding carboxylic acids is 1. The summed E-state index contributed by atoms with van der Waals surface area (Å²) in [5, 5.41) is 9.78. The Morgan fingerprint density at radius 2 is 2.12 bits per heavy atom. The molecule has 1 aliphatic carbocycles. The number of rotatable bonds is 3. The highest BCUT2D eigenvalue weighted by Crippen LogP contribution is 2.47. The van der Waals surface area contributed by atoms with Crippen LogP contribution in [0.5, 0.6) is 0 Å². The minimum Gasteiger partial charge on any atom is -0.350 e. The highest BCUT2D eigenvalue weighted by atomic mass is 79.9. The average Bonchev–Trinajstić information content (AvgIpc) is 2.98. The Bertz CT molecular complexity index is 393. The Morgan fingerprint density at radius 1 is 1.50 bits per heavy atom. The third-order valence-electron chi connectivity index (χ3n) is 2.88. The predicted octanol–water partition coefficient (Wildman–Crippen LogP) is 2.32. The molecule has 0 aromatic heterocycles. The molecule has 16 heavy (non-hydrogen) atoms. The lowest BCUT2D eigenvalue weighted by atomic mass is 10.1. The predicted molar refractivity (Wildman–Crippen MR) is 63.1 cm³/mol. The lowest BCUT2D eigenvalue weighted by molar-refractivity contribution is -0.0431. The average molecular weight is 285 g/mol. The fraction of sp³-hybridized carbons (Fsp3) is 0.364. The van der Waals surface area contributed by atoms with Crippen molar-refractivity contribution in [1.29, 1.82) is 0 Å². The van der Waals surface area contributed by atoms with Crippen LogP contribution in [0.15, 0.2) is 28.7 Å². The van der Waals surface area contributed by atoms with Crippen LogP contribution in [-0.4, -0.2) is 22.8 Å². The largest absolute Gasteiger partial charge is 0.350 e. The van der Waals surface area contributed by atoms with Gasteiger partial charge >= 0.3 is 6.03 Å². The van der Waals surface area contributed by atoms with Gasteiger partial charge in [-0.1, -0.05) is 28.1 Å². The van der Waals surface area contributed by atoms with E-state index in [0.717, 1.165) is 10.9 Å². The molecule has 4 nitrogen and oxygen atoms in total. The third kappa shape index (κ3) is 2.54. The molecular weight excluding hydrogens is 272 g/mol. The fourth-order valence-corrected chi connectivity index (χ4v) is 2.14. The maximum atomic E-state index is 10.6. The topological polar surface area (TPSA) is 66.6 Å². The standard InChI is InChI=1S/C11H13BrN2O2/c12-9-3-1-7(2-4-9)10-5-8(10)6-14(16)11(13)15/h1-4,8,10,16H,5-6H2,(H2,13,15). The van der Waals surface area contributed by atoms with Crippen molar-refractivity contribution in [2.24, 2.45) is 11.7 Å². The molecule has 0 spiro atoms. The van der Waals surface area contributed by atoms with Crippen LogP contribution in [0, 0.1) is 5.92 Å². The molecule has 5 heteroatoms. The smallest absolute Gasteiger partial charge is 0.338 e. The highest BCUT2D eigenvalue weighted by molar-refractivity contribution is 9.10. The van der Waals surface area contributed by atoms with Gasteiger partial charge in [0.2, 0.25) is 0 Å². The van der Waals surface area contributed by atoms with Crippen LogP contribution in [0.1, 0.15) is 17.9 Å². The van der Waals surface area contributed by atoms with E-state index < -0.39 is 6.03 Å². The second-order valence-electron chi connectivity index (χ2n) is 4.07. The maximum absolute atomic E-state index is 10.6. The lowest BCUT2D eigenvalue weighted by Gasteiger charge is -2.11. The van der Waals surface area contributed by atoms with E-state index in [1.54, 1.807) is 0 Å². The number of primary amides is 1. The molecule has 3 N–H and O–H groups in total. The van der Waals surface area contributed by atoms with Gasteiger partial charge in [-0.25, -0.2) is 9.86 Å². The van der Waals surface area contributed by atoms with Crippen LogP contribution in [0.25, 0.3) is 0 Å². The molecule has 2 atom stereocenters. The molecule has 0 aliphatic heterocycles. The van der Waals surface area contributed by atoms with Crippen LogP contribution >= 0.6 is 15.9 Å². The highest BCUT2D eigenvalue weighted by Gasteiger charge is 2.39. The number of nitrogens with two attached hydrogens (primary N) is 1. The van der Waals surface area contributed by atoms with Crippen molar-refractivity contribution in [1.82, 2.24) is 5.06 Å². The SMILES string of the molecule is NC(=O)N(O)CC1CC1c1ccc(Br)cc1. The molecule has 0 heterocycles. The normalized spacial score (nSPS) is 22.9. The van der Waals surface area contributed by atoms with Gasteiger partial charge in [-0.3, -0.25) is 5.21 Å².